The lowest BCUT2D eigenvalue weighted by Gasteiger charge is -2.13. The molecule has 1 aliphatic heterocycles. The van der Waals surface area contributed by atoms with Crippen molar-refractivity contribution in [2.24, 2.45) is 0 Å². The summed E-state index contributed by atoms with van der Waals surface area (Å²) in [4.78, 5) is 1.98. The summed E-state index contributed by atoms with van der Waals surface area (Å²) >= 11 is 1.54. The number of hydrogen-bond donors (Lipinski definition) is 2. The molecule has 2 aromatic rings. The molecule has 1 saturated heterocycles. The van der Waals surface area contributed by atoms with E-state index in [1.807, 2.05) is 36.4 Å². The molecule has 0 amide bonds. The molecule has 1 heterocycles. The number of anilines is 2. The molecule has 1 aliphatic rings. The molecule has 3 rings (SSSR count). The molecule has 0 unspecified atom stereocenters. The highest BCUT2D eigenvalue weighted by molar-refractivity contribution is 7.99. The lowest BCUT2D eigenvalue weighted by atomic mass is 10.3. The fourth-order valence-corrected chi connectivity index (χ4v) is 7.42. The normalized spacial score (nSPS) is 19.6. The Balaban J connectivity index is 1.67. The Morgan fingerprint density at radius 1 is 1.00 bits per heavy atom. The van der Waals surface area contributed by atoms with Crippen molar-refractivity contribution in [2.75, 3.05) is 22.0 Å². The second kappa shape index (κ2) is 6.89. The van der Waals surface area contributed by atoms with E-state index in [0.29, 0.717) is 11.4 Å². The van der Waals surface area contributed by atoms with Gasteiger partial charge < -0.3 is 5.73 Å². The van der Waals surface area contributed by atoms with Crippen LogP contribution >= 0.6 is 11.8 Å². The van der Waals surface area contributed by atoms with E-state index in [4.69, 9.17) is 5.73 Å². The second-order valence-electron chi connectivity index (χ2n) is 5.87. The summed E-state index contributed by atoms with van der Waals surface area (Å²) in [6.07, 6.45) is 0.142. The van der Waals surface area contributed by atoms with Crippen molar-refractivity contribution < 1.29 is 16.8 Å². The smallest absolute Gasteiger partial charge is 0.236 e. The van der Waals surface area contributed by atoms with Crippen molar-refractivity contribution in [3.63, 3.8) is 0 Å². The van der Waals surface area contributed by atoms with Gasteiger partial charge in [0.15, 0.2) is 9.84 Å². The first-order valence-corrected chi connectivity index (χ1v) is 11.8. The van der Waals surface area contributed by atoms with E-state index in [9.17, 15) is 16.8 Å². The minimum Gasteiger partial charge on any atom is -0.399 e. The van der Waals surface area contributed by atoms with E-state index in [1.165, 1.54) is 11.8 Å². The van der Waals surface area contributed by atoms with Crippen LogP contribution in [0.2, 0.25) is 0 Å². The number of benzene rings is 2. The molecule has 0 spiro atoms. The van der Waals surface area contributed by atoms with E-state index < -0.39 is 25.1 Å². The largest absolute Gasteiger partial charge is 0.399 e. The van der Waals surface area contributed by atoms with Crippen LogP contribution in [0.3, 0.4) is 0 Å². The first-order valence-electron chi connectivity index (χ1n) is 7.59. The van der Waals surface area contributed by atoms with Crippen LogP contribution in [0.15, 0.2) is 58.3 Å². The Labute approximate surface area is 151 Å². The van der Waals surface area contributed by atoms with E-state index >= 15 is 0 Å². The lowest BCUT2D eigenvalue weighted by Crippen LogP contribution is -2.28. The van der Waals surface area contributed by atoms with Gasteiger partial charge in [0.1, 0.15) is 0 Å². The zero-order valence-corrected chi connectivity index (χ0v) is 15.7. The van der Waals surface area contributed by atoms with Crippen molar-refractivity contribution in [1.82, 2.24) is 0 Å². The Bertz CT molecular complexity index is 953. The minimum atomic E-state index is -3.71. The van der Waals surface area contributed by atoms with Crippen LogP contribution in [0.1, 0.15) is 6.42 Å². The molecule has 1 fully saturated rings. The van der Waals surface area contributed by atoms with Crippen LogP contribution < -0.4 is 10.5 Å². The molecule has 1 atom stereocenters. The molecule has 25 heavy (non-hydrogen) atoms. The van der Waals surface area contributed by atoms with Crippen LogP contribution in [0, 0.1) is 0 Å². The third-order valence-electron chi connectivity index (χ3n) is 3.86. The molecule has 134 valence electrons. The van der Waals surface area contributed by atoms with Gasteiger partial charge in [0.05, 0.1) is 16.8 Å². The van der Waals surface area contributed by atoms with Crippen LogP contribution in [-0.2, 0) is 19.9 Å². The van der Waals surface area contributed by atoms with E-state index in [1.54, 1.807) is 12.1 Å². The molecule has 0 aromatic heterocycles. The molecule has 3 N–H and O–H groups in total. The van der Waals surface area contributed by atoms with Gasteiger partial charge >= 0.3 is 0 Å². The minimum absolute atomic E-state index is 0.0737. The SMILES string of the molecule is Nc1ccc(Sc2ccc(NS(=O)(=O)[C@@H]3CCS(=O)(=O)C3)cc2)cc1. The number of sulfonamides is 1. The molecule has 0 aliphatic carbocycles. The van der Waals surface area contributed by atoms with Crippen molar-refractivity contribution in [3.05, 3.63) is 48.5 Å². The van der Waals surface area contributed by atoms with Gasteiger partial charge in [-0.3, -0.25) is 4.72 Å². The Morgan fingerprint density at radius 3 is 2.08 bits per heavy atom. The van der Waals surface area contributed by atoms with Crippen LogP contribution in [0.25, 0.3) is 0 Å². The number of nitrogens with two attached hydrogens (primary N) is 1. The fraction of sp³-hybridized carbons (Fsp3) is 0.250. The third kappa shape index (κ3) is 4.68. The van der Waals surface area contributed by atoms with E-state index in [2.05, 4.69) is 4.72 Å². The first kappa shape index (κ1) is 18.1. The average molecular weight is 399 g/mol. The number of hydrogen-bond acceptors (Lipinski definition) is 6. The second-order valence-corrected chi connectivity index (χ2v) is 11.2. The molecule has 9 heteroatoms. The zero-order valence-electron chi connectivity index (χ0n) is 13.3. The van der Waals surface area contributed by atoms with Gasteiger partial charge in [-0.2, -0.15) is 0 Å². The maximum absolute atomic E-state index is 12.3. The monoisotopic (exact) mass is 398 g/mol. The summed E-state index contributed by atoms with van der Waals surface area (Å²) in [5, 5.41) is -0.888. The maximum atomic E-state index is 12.3. The molecule has 2 aromatic carbocycles. The summed E-state index contributed by atoms with van der Waals surface area (Å²) in [5.41, 5.74) is 6.77. The van der Waals surface area contributed by atoms with Crippen molar-refractivity contribution in [1.29, 1.82) is 0 Å². The highest BCUT2D eigenvalue weighted by atomic mass is 32.2. The van der Waals surface area contributed by atoms with Gasteiger partial charge in [0.25, 0.3) is 0 Å². The molecular formula is C16H18N2O4S3. The highest BCUT2D eigenvalue weighted by Crippen LogP contribution is 2.29. The molecule has 0 saturated carbocycles. The van der Waals surface area contributed by atoms with Gasteiger partial charge in [0, 0.05) is 21.2 Å². The first-order chi connectivity index (χ1) is 11.7. The summed E-state index contributed by atoms with van der Waals surface area (Å²) in [5.74, 6) is -0.386. The van der Waals surface area contributed by atoms with Crippen LogP contribution in [0.4, 0.5) is 11.4 Å². The Kier molecular flexibility index (Phi) is 4.99. The molecule has 6 nitrogen and oxygen atoms in total. The lowest BCUT2D eigenvalue weighted by molar-refractivity contribution is 0.587. The fourth-order valence-electron chi connectivity index (χ4n) is 2.52. The standard InChI is InChI=1S/C16H18N2O4S3/c17-12-1-5-14(6-2-12)23-15-7-3-13(4-8-15)18-25(21,22)16-9-10-24(19,20)11-16/h1-8,16,18H,9-11,17H2/t16-/m1/s1. The Hall–Kier alpha value is -1.71. The number of nitrogens with one attached hydrogen (secondary N) is 1. The van der Waals surface area contributed by atoms with Gasteiger partial charge in [-0.15, -0.1) is 0 Å². The van der Waals surface area contributed by atoms with Gasteiger partial charge in [-0.05, 0) is 55.0 Å². The summed E-state index contributed by atoms with van der Waals surface area (Å²) in [7, 11) is -6.96. The number of nitrogen functional groups attached to an aromatic ring is 1. The maximum Gasteiger partial charge on any atom is 0.236 e. The Morgan fingerprint density at radius 2 is 1.56 bits per heavy atom. The van der Waals surface area contributed by atoms with Crippen molar-refractivity contribution >= 4 is 43.0 Å². The average Bonchev–Trinajstić information content (AvgIpc) is 2.92. The van der Waals surface area contributed by atoms with Crippen LogP contribution in [-0.4, -0.2) is 33.6 Å². The number of rotatable bonds is 5. The van der Waals surface area contributed by atoms with Crippen LogP contribution in [0.5, 0.6) is 0 Å². The number of sulfone groups is 1. The van der Waals surface area contributed by atoms with Crippen molar-refractivity contribution in [3.8, 4) is 0 Å². The van der Waals surface area contributed by atoms with E-state index in [0.717, 1.165) is 9.79 Å². The molecule has 0 radical (unpaired) electrons. The summed E-state index contributed by atoms with van der Waals surface area (Å²) in [6.45, 7) is 0. The predicted octanol–water partition coefficient (Wildman–Crippen LogP) is 2.35. The quantitative estimate of drug-likeness (QED) is 0.749. The molecular weight excluding hydrogens is 380 g/mol. The summed E-state index contributed by atoms with van der Waals surface area (Å²) < 4.78 is 50.0. The zero-order chi connectivity index (χ0) is 18.1. The predicted molar refractivity (Wildman–Crippen MR) is 101 cm³/mol. The van der Waals surface area contributed by atoms with Crippen molar-refractivity contribution in [2.45, 2.75) is 21.5 Å². The molecule has 0 bridgehead atoms. The highest BCUT2D eigenvalue weighted by Gasteiger charge is 2.37. The summed E-state index contributed by atoms with van der Waals surface area (Å²) in [6, 6.07) is 14.4. The van der Waals surface area contributed by atoms with E-state index in [-0.39, 0.29) is 17.9 Å². The van der Waals surface area contributed by atoms with Gasteiger partial charge in [-0.1, -0.05) is 11.8 Å². The third-order valence-corrected chi connectivity index (χ3v) is 8.65. The topological polar surface area (TPSA) is 106 Å². The van der Waals surface area contributed by atoms with Gasteiger partial charge in [0.2, 0.25) is 10.0 Å². The van der Waals surface area contributed by atoms with Gasteiger partial charge in [-0.25, -0.2) is 16.8 Å².